The third-order valence-electron chi connectivity index (χ3n) is 3.71. The SMILES string of the molecule is CCC(C)c1cccc(C(C)CC)c1C=C(Br)Br. The molecule has 0 aliphatic heterocycles. The average Bonchev–Trinajstić information content (AvgIpc) is 2.36. The molecular weight excluding hydrogens is 352 g/mol. The van der Waals surface area contributed by atoms with Gasteiger partial charge in [0.15, 0.2) is 0 Å². The predicted molar refractivity (Wildman–Crippen MR) is 89.7 cm³/mol. The maximum atomic E-state index is 3.50. The average molecular weight is 374 g/mol. The fraction of sp³-hybridized carbons (Fsp3) is 0.500. The van der Waals surface area contributed by atoms with Crippen LogP contribution in [0.4, 0.5) is 0 Å². The van der Waals surface area contributed by atoms with Gasteiger partial charge in [0.2, 0.25) is 0 Å². The van der Waals surface area contributed by atoms with E-state index in [0.29, 0.717) is 11.8 Å². The lowest BCUT2D eigenvalue weighted by atomic mass is 9.86. The molecule has 0 N–H and O–H groups in total. The van der Waals surface area contributed by atoms with Gasteiger partial charge in [-0.2, -0.15) is 0 Å². The second-order valence-electron chi connectivity index (χ2n) is 4.90. The Kier molecular flexibility index (Phi) is 6.65. The summed E-state index contributed by atoms with van der Waals surface area (Å²) in [4.78, 5) is 0. The second kappa shape index (κ2) is 7.49. The number of hydrogen-bond donors (Lipinski definition) is 0. The molecule has 0 aliphatic rings. The fourth-order valence-corrected chi connectivity index (χ4v) is 2.63. The first-order chi connectivity index (χ1) is 8.51. The summed E-state index contributed by atoms with van der Waals surface area (Å²) in [5.74, 6) is 1.19. The molecule has 0 nitrogen and oxygen atoms in total. The van der Waals surface area contributed by atoms with Crippen molar-refractivity contribution in [3.63, 3.8) is 0 Å². The normalized spacial score (nSPS) is 14.1. The van der Waals surface area contributed by atoms with Crippen LogP contribution in [0.2, 0.25) is 0 Å². The molecule has 0 fully saturated rings. The fourth-order valence-electron chi connectivity index (χ4n) is 2.18. The molecule has 18 heavy (non-hydrogen) atoms. The smallest absolute Gasteiger partial charge is 0.0610 e. The van der Waals surface area contributed by atoms with Crippen LogP contribution in [0.25, 0.3) is 6.08 Å². The zero-order chi connectivity index (χ0) is 13.7. The first-order valence-electron chi connectivity index (χ1n) is 6.66. The first kappa shape index (κ1) is 16.0. The highest BCUT2D eigenvalue weighted by Crippen LogP contribution is 2.33. The summed E-state index contributed by atoms with van der Waals surface area (Å²) in [5.41, 5.74) is 4.28. The minimum atomic E-state index is 0.597. The van der Waals surface area contributed by atoms with E-state index in [9.17, 15) is 0 Å². The maximum Gasteiger partial charge on any atom is 0.0610 e. The molecular formula is C16H22Br2. The number of halogens is 2. The van der Waals surface area contributed by atoms with E-state index in [2.05, 4.69) is 83.8 Å². The van der Waals surface area contributed by atoms with Crippen LogP contribution in [0, 0.1) is 0 Å². The third-order valence-corrected chi connectivity index (χ3v) is 4.17. The quantitative estimate of drug-likeness (QED) is 0.532. The Morgan fingerprint density at radius 2 is 1.50 bits per heavy atom. The summed E-state index contributed by atoms with van der Waals surface area (Å²) in [6.07, 6.45) is 4.54. The molecule has 0 spiro atoms. The van der Waals surface area contributed by atoms with Gasteiger partial charge in [0, 0.05) is 0 Å². The van der Waals surface area contributed by atoms with Crippen molar-refractivity contribution >= 4 is 37.9 Å². The summed E-state index contributed by atoms with van der Waals surface area (Å²) in [6.45, 7) is 9.10. The minimum absolute atomic E-state index is 0.597. The predicted octanol–water partition coefficient (Wildman–Crippen LogP) is 6.80. The Morgan fingerprint density at radius 1 is 1.06 bits per heavy atom. The van der Waals surface area contributed by atoms with Gasteiger partial charge in [-0.3, -0.25) is 0 Å². The lowest BCUT2D eigenvalue weighted by Crippen LogP contribution is -2.02. The van der Waals surface area contributed by atoms with Crippen molar-refractivity contribution in [3.8, 4) is 0 Å². The van der Waals surface area contributed by atoms with Crippen molar-refractivity contribution in [3.05, 3.63) is 38.3 Å². The van der Waals surface area contributed by atoms with Crippen molar-refractivity contribution < 1.29 is 0 Å². The largest absolute Gasteiger partial charge is 0.0648 e. The summed E-state index contributed by atoms with van der Waals surface area (Å²) in [7, 11) is 0. The number of hydrogen-bond acceptors (Lipinski definition) is 0. The summed E-state index contributed by atoms with van der Waals surface area (Å²) < 4.78 is 1.01. The molecule has 2 heteroatoms. The summed E-state index contributed by atoms with van der Waals surface area (Å²) in [6, 6.07) is 6.71. The number of benzene rings is 1. The van der Waals surface area contributed by atoms with E-state index in [0.717, 1.165) is 3.39 Å². The van der Waals surface area contributed by atoms with Gasteiger partial charge in [0.05, 0.1) is 3.39 Å². The Hall–Kier alpha value is -0.0800. The first-order valence-corrected chi connectivity index (χ1v) is 8.25. The summed E-state index contributed by atoms with van der Waals surface area (Å²) >= 11 is 7.00. The third kappa shape index (κ3) is 3.96. The van der Waals surface area contributed by atoms with Crippen LogP contribution in [0.15, 0.2) is 21.6 Å². The van der Waals surface area contributed by atoms with Gasteiger partial charge in [-0.15, -0.1) is 0 Å². The molecule has 1 rings (SSSR count). The van der Waals surface area contributed by atoms with Crippen LogP contribution < -0.4 is 0 Å². The molecule has 0 bridgehead atoms. The molecule has 1 aromatic rings. The van der Waals surface area contributed by atoms with E-state index >= 15 is 0 Å². The highest BCUT2D eigenvalue weighted by atomic mass is 79.9. The molecule has 0 saturated heterocycles. The van der Waals surface area contributed by atoms with E-state index in [1.165, 1.54) is 29.5 Å². The topological polar surface area (TPSA) is 0 Å². The molecule has 0 radical (unpaired) electrons. The van der Waals surface area contributed by atoms with Crippen LogP contribution in [-0.2, 0) is 0 Å². The maximum absolute atomic E-state index is 3.50. The van der Waals surface area contributed by atoms with E-state index in [-0.39, 0.29) is 0 Å². The lowest BCUT2D eigenvalue weighted by Gasteiger charge is -2.20. The van der Waals surface area contributed by atoms with E-state index in [4.69, 9.17) is 0 Å². The van der Waals surface area contributed by atoms with Crippen molar-refractivity contribution in [1.29, 1.82) is 0 Å². The van der Waals surface area contributed by atoms with Crippen molar-refractivity contribution in [1.82, 2.24) is 0 Å². The molecule has 0 aromatic heterocycles. The molecule has 0 heterocycles. The standard InChI is InChI=1S/C16H22Br2/c1-5-11(3)13-8-7-9-14(12(4)6-2)15(13)10-16(17)18/h7-12H,5-6H2,1-4H3. The van der Waals surface area contributed by atoms with Gasteiger partial charge in [-0.05, 0) is 79.3 Å². The molecule has 1 aromatic carbocycles. The van der Waals surface area contributed by atoms with E-state index in [1.54, 1.807) is 0 Å². The van der Waals surface area contributed by atoms with Gasteiger partial charge in [-0.25, -0.2) is 0 Å². The Labute approximate surface area is 128 Å². The Bertz CT molecular complexity index is 389. The van der Waals surface area contributed by atoms with Gasteiger partial charge >= 0.3 is 0 Å². The van der Waals surface area contributed by atoms with E-state index in [1.807, 2.05) is 0 Å². The Balaban J connectivity index is 3.39. The van der Waals surface area contributed by atoms with Crippen LogP contribution >= 0.6 is 31.9 Å². The zero-order valence-corrected chi connectivity index (χ0v) is 14.8. The molecule has 100 valence electrons. The molecule has 0 amide bonds. The van der Waals surface area contributed by atoms with E-state index < -0.39 is 0 Å². The van der Waals surface area contributed by atoms with Crippen molar-refractivity contribution in [2.24, 2.45) is 0 Å². The van der Waals surface area contributed by atoms with Gasteiger partial charge in [0.1, 0.15) is 0 Å². The zero-order valence-electron chi connectivity index (χ0n) is 11.6. The molecule has 2 unspecified atom stereocenters. The summed E-state index contributed by atoms with van der Waals surface area (Å²) in [5, 5.41) is 0. The monoisotopic (exact) mass is 372 g/mol. The minimum Gasteiger partial charge on any atom is -0.0648 e. The molecule has 0 saturated carbocycles. The highest BCUT2D eigenvalue weighted by Gasteiger charge is 2.14. The van der Waals surface area contributed by atoms with Crippen LogP contribution in [0.1, 0.15) is 69.1 Å². The highest BCUT2D eigenvalue weighted by molar-refractivity contribution is 9.28. The van der Waals surface area contributed by atoms with Crippen molar-refractivity contribution in [2.75, 3.05) is 0 Å². The van der Waals surface area contributed by atoms with Crippen molar-refractivity contribution in [2.45, 2.75) is 52.4 Å². The van der Waals surface area contributed by atoms with Crippen LogP contribution in [0.5, 0.6) is 0 Å². The second-order valence-corrected chi connectivity index (χ2v) is 7.68. The van der Waals surface area contributed by atoms with Crippen LogP contribution in [-0.4, -0.2) is 0 Å². The lowest BCUT2D eigenvalue weighted by molar-refractivity contribution is 0.708. The molecule has 2 atom stereocenters. The van der Waals surface area contributed by atoms with Gasteiger partial charge in [0.25, 0.3) is 0 Å². The Morgan fingerprint density at radius 3 is 1.83 bits per heavy atom. The number of rotatable bonds is 5. The van der Waals surface area contributed by atoms with Gasteiger partial charge < -0.3 is 0 Å². The van der Waals surface area contributed by atoms with Gasteiger partial charge in [-0.1, -0.05) is 45.9 Å². The molecule has 0 aliphatic carbocycles. The van der Waals surface area contributed by atoms with Crippen LogP contribution in [0.3, 0.4) is 0 Å².